The molecule has 22 heavy (non-hydrogen) atoms. The molecule has 0 aliphatic heterocycles. The summed E-state index contributed by atoms with van der Waals surface area (Å²) in [5, 5.41) is 2.66. The quantitative estimate of drug-likeness (QED) is 0.803. The largest absolute Gasteiger partial charge is 0.380 e. The van der Waals surface area contributed by atoms with E-state index in [0.717, 1.165) is 11.1 Å². The molecule has 1 aromatic heterocycles. The molecule has 0 bridgehead atoms. The number of hydrogen-bond acceptors (Lipinski definition) is 3. The van der Waals surface area contributed by atoms with Crippen LogP contribution in [0, 0.1) is 6.92 Å². The van der Waals surface area contributed by atoms with Crippen molar-refractivity contribution in [1.82, 2.24) is 10.3 Å². The highest BCUT2D eigenvalue weighted by Crippen LogP contribution is 2.16. The van der Waals surface area contributed by atoms with E-state index in [1.165, 1.54) is 0 Å². The first-order valence-electron chi connectivity index (χ1n) is 7.28. The van der Waals surface area contributed by atoms with Crippen LogP contribution in [0.25, 0.3) is 11.3 Å². The highest BCUT2D eigenvalue weighted by Gasteiger charge is 2.10. The summed E-state index contributed by atoms with van der Waals surface area (Å²) in [6, 6.07) is 11.1. The van der Waals surface area contributed by atoms with Gasteiger partial charge in [-0.25, -0.2) is 0 Å². The summed E-state index contributed by atoms with van der Waals surface area (Å²) < 4.78 is 5.14. The molecule has 0 unspecified atom stereocenters. The van der Waals surface area contributed by atoms with Gasteiger partial charge in [0.15, 0.2) is 0 Å². The standard InChI is InChI=1S/C17H20N2O3/c1-3-22-10-9-18-16(20)14-7-8-15(19-17(14)21)13-6-4-5-12(2)11-13/h4-8,11H,3,9-10H2,1-2H3,(H,18,20)(H,19,21). The average molecular weight is 300 g/mol. The minimum absolute atomic E-state index is 0.105. The first-order valence-corrected chi connectivity index (χ1v) is 7.28. The van der Waals surface area contributed by atoms with E-state index in [0.29, 0.717) is 25.5 Å². The van der Waals surface area contributed by atoms with Crippen molar-refractivity contribution in [3.8, 4) is 11.3 Å². The van der Waals surface area contributed by atoms with Gasteiger partial charge in [0.25, 0.3) is 11.5 Å². The molecule has 5 heteroatoms. The topological polar surface area (TPSA) is 71.2 Å². The molecule has 1 amide bonds. The number of pyridine rings is 1. The number of aromatic amines is 1. The van der Waals surface area contributed by atoms with Crippen molar-refractivity contribution in [2.45, 2.75) is 13.8 Å². The first-order chi connectivity index (χ1) is 10.6. The average Bonchev–Trinajstić information content (AvgIpc) is 2.51. The molecule has 0 fully saturated rings. The fourth-order valence-electron chi connectivity index (χ4n) is 2.11. The molecular formula is C17H20N2O3. The van der Waals surface area contributed by atoms with Crippen LogP contribution in [0.5, 0.6) is 0 Å². The molecule has 1 heterocycles. The molecule has 0 saturated heterocycles. The van der Waals surface area contributed by atoms with Crippen LogP contribution in [0.1, 0.15) is 22.8 Å². The smallest absolute Gasteiger partial charge is 0.261 e. The number of aromatic nitrogens is 1. The number of hydrogen-bond donors (Lipinski definition) is 2. The highest BCUT2D eigenvalue weighted by atomic mass is 16.5. The second kappa shape index (κ2) is 7.56. The van der Waals surface area contributed by atoms with Gasteiger partial charge in [-0.3, -0.25) is 9.59 Å². The Labute approximate surface area is 129 Å². The number of aryl methyl sites for hydroxylation is 1. The molecule has 0 radical (unpaired) electrons. The molecule has 0 saturated carbocycles. The third-order valence-corrected chi connectivity index (χ3v) is 3.22. The predicted octanol–water partition coefficient (Wildman–Crippen LogP) is 2.12. The maximum atomic E-state index is 12.1. The van der Waals surface area contributed by atoms with Crippen LogP contribution in [0.3, 0.4) is 0 Å². The number of rotatable bonds is 6. The highest BCUT2D eigenvalue weighted by molar-refractivity contribution is 5.94. The van der Waals surface area contributed by atoms with E-state index in [9.17, 15) is 9.59 Å². The van der Waals surface area contributed by atoms with Crippen LogP contribution in [-0.4, -0.2) is 30.6 Å². The van der Waals surface area contributed by atoms with Gasteiger partial charge in [-0.05, 0) is 37.6 Å². The molecule has 2 aromatic rings. The minimum Gasteiger partial charge on any atom is -0.380 e. The van der Waals surface area contributed by atoms with E-state index in [1.54, 1.807) is 12.1 Å². The van der Waals surface area contributed by atoms with Crippen molar-refractivity contribution in [1.29, 1.82) is 0 Å². The van der Waals surface area contributed by atoms with Gasteiger partial charge in [0.2, 0.25) is 0 Å². The monoisotopic (exact) mass is 300 g/mol. The summed E-state index contributed by atoms with van der Waals surface area (Å²) in [5.74, 6) is -0.392. The van der Waals surface area contributed by atoms with Gasteiger partial charge in [0.1, 0.15) is 5.56 Å². The summed E-state index contributed by atoms with van der Waals surface area (Å²) in [4.78, 5) is 26.8. The lowest BCUT2D eigenvalue weighted by Gasteiger charge is -2.07. The summed E-state index contributed by atoms with van der Waals surface area (Å²) in [6.07, 6.45) is 0. The van der Waals surface area contributed by atoms with E-state index >= 15 is 0 Å². The number of ether oxygens (including phenoxy) is 1. The lowest BCUT2D eigenvalue weighted by atomic mass is 10.1. The first kappa shape index (κ1) is 16.0. The Balaban J connectivity index is 2.13. The van der Waals surface area contributed by atoms with Crippen molar-refractivity contribution in [3.05, 3.63) is 57.9 Å². The number of H-pyrrole nitrogens is 1. The molecule has 0 atom stereocenters. The third-order valence-electron chi connectivity index (χ3n) is 3.22. The Morgan fingerprint density at radius 2 is 2.09 bits per heavy atom. The van der Waals surface area contributed by atoms with E-state index in [4.69, 9.17) is 4.74 Å². The number of nitrogens with one attached hydrogen (secondary N) is 2. The fourth-order valence-corrected chi connectivity index (χ4v) is 2.11. The second-order valence-electron chi connectivity index (χ2n) is 4.94. The van der Waals surface area contributed by atoms with Crippen LogP contribution < -0.4 is 10.9 Å². The van der Waals surface area contributed by atoms with Crippen molar-refractivity contribution in [3.63, 3.8) is 0 Å². The fraction of sp³-hybridized carbons (Fsp3) is 0.294. The molecule has 1 aromatic carbocycles. The van der Waals surface area contributed by atoms with Crippen LogP contribution in [0.2, 0.25) is 0 Å². The Morgan fingerprint density at radius 1 is 1.27 bits per heavy atom. The Kier molecular flexibility index (Phi) is 5.49. The molecular weight excluding hydrogens is 280 g/mol. The number of carbonyl (C=O) groups is 1. The van der Waals surface area contributed by atoms with Gasteiger partial charge in [0, 0.05) is 18.8 Å². The van der Waals surface area contributed by atoms with Gasteiger partial charge in [0.05, 0.1) is 6.61 Å². The summed E-state index contributed by atoms with van der Waals surface area (Å²) >= 11 is 0. The molecule has 0 aliphatic rings. The summed E-state index contributed by atoms with van der Waals surface area (Å²) in [5.41, 5.74) is 2.43. The Hall–Kier alpha value is -2.40. The van der Waals surface area contributed by atoms with Gasteiger partial charge in [-0.2, -0.15) is 0 Å². The van der Waals surface area contributed by atoms with Gasteiger partial charge in [-0.15, -0.1) is 0 Å². The molecule has 116 valence electrons. The zero-order chi connectivity index (χ0) is 15.9. The van der Waals surface area contributed by atoms with Crippen LogP contribution in [0.15, 0.2) is 41.2 Å². The van der Waals surface area contributed by atoms with Crippen molar-refractivity contribution < 1.29 is 9.53 Å². The predicted molar refractivity (Wildman–Crippen MR) is 86.1 cm³/mol. The van der Waals surface area contributed by atoms with Crippen LogP contribution in [-0.2, 0) is 4.74 Å². The number of carbonyl (C=O) groups excluding carboxylic acids is 1. The zero-order valence-electron chi connectivity index (χ0n) is 12.8. The SMILES string of the molecule is CCOCCNC(=O)c1ccc(-c2cccc(C)c2)[nH]c1=O. The normalized spacial score (nSPS) is 10.5. The molecule has 5 nitrogen and oxygen atoms in total. The van der Waals surface area contributed by atoms with Gasteiger partial charge < -0.3 is 15.0 Å². The van der Waals surface area contributed by atoms with Crippen molar-refractivity contribution in [2.24, 2.45) is 0 Å². The van der Waals surface area contributed by atoms with Crippen LogP contribution in [0.4, 0.5) is 0 Å². The lowest BCUT2D eigenvalue weighted by molar-refractivity contribution is 0.0921. The summed E-state index contributed by atoms with van der Waals surface area (Å²) in [7, 11) is 0. The maximum absolute atomic E-state index is 12.1. The van der Waals surface area contributed by atoms with Crippen molar-refractivity contribution in [2.75, 3.05) is 19.8 Å². The van der Waals surface area contributed by atoms with Gasteiger partial charge in [-0.1, -0.05) is 23.8 Å². The van der Waals surface area contributed by atoms with Crippen molar-refractivity contribution >= 4 is 5.91 Å². The zero-order valence-corrected chi connectivity index (χ0v) is 12.8. The maximum Gasteiger partial charge on any atom is 0.261 e. The number of amides is 1. The number of benzene rings is 1. The Bertz CT molecular complexity index is 707. The van der Waals surface area contributed by atoms with Gasteiger partial charge >= 0.3 is 0 Å². The van der Waals surface area contributed by atoms with E-state index in [2.05, 4.69) is 10.3 Å². The second-order valence-corrected chi connectivity index (χ2v) is 4.94. The molecule has 2 N–H and O–H groups in total. The molecule has 2 rings (SSSR count). The summed E-state index contributed by atoms with van der Waals surface area (Å²) in [6.45, 7) is 5.28. The molecule has 0 spiro atoms. The Morgan fingerprint density at radius 3 is 2.77 bits per heavy atom. The van der Waals surface area contributed by atoms with Crippen LogP contribution >= 0.6 is 0 Å². The van der Waals surface area contributed by atoms with E-state index in [-0.39, 0.29) is 5.56 Å². The van der Waals surface area contributed by atoms with E-state index in [1.807, 2.05) is 38.1 Å². The lowest BCUT2D eigenvalue weighted by Crippen LogP contribution is -2.32. The van der Waals surface area contributed by atoms with E-state index < -0.39 is 11.5 Å². The molecule has 0 aliphatic carbocycles. The third kappa shape index (κ3) is 4.05. The minimum atomic E-state index is -0.395.